The molecule has 28 heavy (non-hydrogen) atoms. The van der Waals surface area contributed by atoms with Gasteiger partial charge >= 0.3 is 0 Å². The summed E-state index contributed by atoms with van der Waals surface area (Å²) in [7, 11) is 4.45. The molecule has 0 N–H and O–H groups in total. The average Bonchev–Trinajstić information content (AvgIpc) is 2.69. The fraction of sp³-hybridized carbons (Fsp3) is 1.00. The zero-order valence-corrected chi connectivity index (χ0v) is 20.6. The summed E-state index contributed by atoms with van der Waals surface area (Å²) in [6.45, 7) is 4.62. The van der Waals surface area contributed by atoms with Crippen LogP contribution >= 0.6 is 0 Å². The van der Waals surface area contributed by atoms with Crippen molar-refractivity contribution in [2.75, 3.05) is 14.1 Å². The average molecular weight is 396 g/mol. The minimum absolute atomic E-state index is 0.801. The summed E-state index contributed by atoms with van der Waals surface area (Å²) in [6, 6.07) is 0.801. The van der Waals surface area contributed by atoms with Crippen molar-refractivity contribution in [2.24, 2.45) is 0 Å². The fourth-order valence-electron chi connectivity index (χ4n) is 4.46. The Kier molecular flexibility index (Phi) is 23.2. The van der Waals surface area contributed by atoms with Gasteiger partial charge in [0, 0.05) is 6.04 Å². The van der Waals surface area contributed by atoms with Gasteiger partial charge in [-0.05, 0) is 26.9 Å². The van der Waals surface area contributed by atoms with E-state index in [2.05, 4.69) is 32.8 Å². The molecule has 1 atom stereocenters. The number of rotatable bonds is 23. The Balaban J connectivity index is 3.09. The van der Waals surface area contributed by atoms with Gasteiger partial charge in [0.05, 0.1) is 0 Å². The van der Waals surface area contributed by atoms with E-state index in [4.69, 9.17) is 0 Å². The Labute approximate surface area is 180 Å². The molecule has 0 rings (SSSR count). The lowest BCUT2D eigenvalue weighted by atomic mass is 10.0. The molecule has 0 spiro atoms. The van der Waals surface area contributed by atoms with Crippen LogP contribution in [0, 0.1) is 0 Å². The summed E-state index contributed by atoms with van der Waals surface area (Å²) in [5.41, 5.74) is 0. The first-order valence-corrected chi connectivity index (χ1v) is 13.4. The summed E-state index contributed by atoms with van der Waals surface area (Å²) in [6.07, 6.45) is 32.1. The van der Waals surface area contributed by atoms with Gasteiger partial charge in [0.25, 0.3) is 0 Å². The third-order valence-corrected chi connectivity index (χ3v) is 6.59. The summed E-state index contributed by atoms with van der Waals surface area (Å²) in [5.74, 6) is 0. The molecule has 1 unspecified atom stereocenters. The summed E-state index contributed by atoms with van der Waals surface area (Å²) >= 11 is 0. The van der Waals surface area contributed by atoms with E-state index < -0.39 is 0 Å². The first-order valence-electron chi connectivity index (χ1n) is 13.4. The molecule has 0 saturated heterocycles. The minimum atomic E-state index is 0.801. The number of hydrogen-bond donors (Lipinski definition) is 0. The van der Waals surface area contributed by atoms with E-state index in [1.165, 1.54) is 141 Å². The summed E-state index contributed by atoms with van der Waals surface area (Å²) in [5, 5.41) is 0. The quantitative estimate of drug-likeness (QED) is 0.156. The zero-order valence-electron chi connectivity index (χ0n) is 20.6. The van der Waals surface area contributed by atoms with E-state index in [1.54, 1.807) is 0 Å². The zero-order chi connectivity index (χ0) is 20.7. The second-order valence-electron chi connectivity index (χ2n) is 9.53. The molecule has 0 aromatic rings. The molecule has 0 radical (unpaired) electrons. The molecule has 0 aliphatic rings. The van der Waals surface area contributed by atoms with Gasteiger partial charge in [-0.25, -0.2) is 0 Å². The van der Waals surface area contributed by atoms with Crippen molar-refractivity contribution in [1.29, 1.82) is 0 Å². The van der Waals surface area contributed by atoms with Gasteiger partial charge in [0.15, 0.2) is 0 Å². The van der Waals surface area contributed by atoms with Gasteiger partial charge in [-0.1, -0.05) is 142 Å². The largest absolute Gasteiger partial charge is 0.306 e. The van der Waals surface area contributed by atoms with Crippen molar-refractivity contribution in [3.8, 4) is 0 Å². The van der Waals surface area contributed by atoms with Gasteiger partial charge < -0.3 is 4.90 Å². The van der Waals surface area contributed by atoms with E-state index in [1.807, 2.05) is 0 Å². The van der Waals surface area contributed by atoms with Crippen LogP contribution in [0.3, 0.4) is 0 Å². The van der Waals surface area contributed by atoms with Crippen LogP contribution < -0.4 is 0 Å². The second kappa shape index (κ2) is 23.2. The van der Waals surface area contributed by atoms with E-state index >= 15 is 0 Å². The van der Waals surface area contributed by atoms with Crippen molar-refractivity contribution in [3.63, 3.8) is 0 Å². The molecule has 0 heterocycles. The Bertz CT molecular complexity index is 273. The molecule has 1 heteroatoms. The molecule has 1 nitrogen and oxygen atoms in total. The van der Waals surface area contributed by atoms with Gasteiger partial charge in [0.2, 0.25) is 0 Å². The number of unbranched alkanes of at least 4 members (excludes halogenated alkanes) is 19. The van der Waals surface area contributed by atoms with Crippen molar-refractivity contribution in [3.05, 3.63) is 0 Å². The summed E-state index contributed by atoms with van der Waals surface area (Å²) < 4.78 is 0. The number of nitrogens with zero attached hydrogens (tertiary/aromatic N) is 1. The van der Waals surface area contributed by atoms with E-state index in [0.29, 0.717) is 0 Å². The lowest BCUT2D eigenvalue weighted by molar-refractivity contribution is 0.264. The highest BCUT2D eigenvalue weighted by Crippen LogP contribution is 2.16. The van der Waals surface area contributed by atoms with E-state index in [-0.39, 0.29) is 0 Å². The minimum Gasteiger partial charge on any atom is -0.306 e. The Morgan fingerprint density at radius 2 is 0.714 bits per heavy atom. The lowest BCUT2D eigenvalue weighted by Gasteiger charge is -2.22. The normalized spacial score (nSPS) is 12.8. The molecule has 0 fully saturated rings. The van der Waals surface area contributed by atoms with Crippen LogP contribution in [0.4, 0.5) is 0 Å². The number of hydrogen-bond acceptors (Lipinski definition) is 1. The van der Waals surface area contributed by atoms with E-state index in [9.17, 15) is 0 Å². The summed E-state index contributed by atoms with van der Waals surface area (Å²) in [4.78, 5) is 2.40. The van der Waals surface area contributed by atoms with Gasteiger partial charge in [-0.15, -0.1) is 0 Å². The maximum Gasteiger partial charge on any atom is 0.00865 e. The van der Waals surface area contributed by atoms with Crippen LogP contribution in [-0.2, 0) is 0 Å². The van der Waals surface area contributed by atoms with E-state index in [0.717, 1.165) is 6.04 Å². The Morgan fingerprint density at radius 1 is 0.429 bits per heavy atom. The second-order valence-corrected chi connectivity index (χ2v) is 9.53. The third kappa shape index (κ3) is 20.7. The van der Waals surface area contributed by atoms with Crippen LogP contribution in [-0.4, -0.2) is 25.0 Å². The smallest absolute Gasteiger partial charge is 0.00865 e. The molecular weight excluding hydrogens is 338 g/mol. The molecule has 0 aliphatic carbocycles. The van der Waals surface area contributed by atoms with Crippen LogP contribution in [0.5, 0.6) is 0 Å². The van der Waals surface area contributed by atoms with Crippen molar-refractivity contribution in [2.45, 2.75) is 161 Å². The highest BCUT2D eigenvalue weighted by atomic mass is 15.1. The standard InChI is InChI=1S/C27H57N/c1-5-7-8-9-10-11-12-13-14-15-16-17-18-19-20-21-22-23-24-25-26-27(6-2)28(3)4/h27H,5-26H2,1-4H3. The van der Waals surface area contributed by atoms with Crippen LogP contribution in [0.15, 0.2) is 0 Å². The van der Waals surface area contributed by atoms with Crippen LogP contribution in [0.1, 0.15) is 155 Å². The van der Waals surface area contributed by atoms with Crippen molar-refractivity contribution < 1.29 is 0 Å². The van der Waals surface area contributed by atoms with Crippen LogP contribution in [0.25, 0.3) is 0 Å². The molecule has 0 aromatic carbocycles. The molecule has 170 valence electrons. The molecule has 0 amide bonds. The van der Waals surface area contributed by atoms with Gasteiger partial charge in [0.1, 0.15) is 0 Å². The van der Waals surface area contributed by atoms with Crippen LogP contribution in [0.2, 0.25) is 0 Å². The predicted molar refractivity (Wildman–Crippen MR) is 130 cm³/mol. The van der Waals surface area contributed by atoms with Gasteiger partial charge in [-0.3, -0.25) is 0 Å². The molecule has 0 aliphatic heterocycles. The molecular formula is C27H57N. The van der Waals surface area contributed by atoms with Crippen molar-refractivity contribution in [1.82, 2.24) is 4.90 Å². The van der Waals surface area contributed by atoms with Gasteiger partial charge in [-0.2, -0.15) is 0 Å². The Hall–Kier alpha value is -0.0400. The SMILES string of the molecule is CCCCCCCCCCCCCCCCCCCCCCC(CC)N(C)C. The highest BCUT2D eigenvalue weighted by Gasteiger charge is 2.07. The predicted octanol–water partition coefficient (Wildman–Crippen LogP) is 9.54. The van der Waals surface area contributed by atoms with Crippen molar-refractivity contribution >= 4 is 0 Å². The molecule has 0 saturated carbocycles. The lowest BCUT2D eigenvalue weighted by Crippen LogP contribution is -2.26. The third-order valence-electron chi connectivity index (χ3n) is 6.59. The molecule has 0 aromatic heterocycles. The Morgan fingerprint density at radius 3 is 0.964 bits per heavy atom. The monoisotopic (exact) mass is 395 g/mol. The first-order chi connectivity index (χ1) is 13.7. The molecule has 0 bridgehead atoms. The highest BCUT2D eigenvalue weighted by molar-refractivity contribution is 4.63. The maximum atomic E-state index is 2.40. The maximum absolute atomic E-state index is 2.40. The first kappa shape index (κ1) is 28.0. The topological polar surface area (TPSA) is 3.24 Å². The fourth-order valence-corrected chi connectivity index (χ4v) is 4.46.